The van der Waals surface area contributed by atoms with Gasteiger partial charge in [0.05, 0.1) is 5.41 Å². The summed E-state index contributed by atoms with van der Waals surface area (Å²) < 4.78 is 0.185. The van der Waals surface area contributed by atoms with E-state index in [-0.39, 0.29) is 31.9 Å². The van der Waals surface area contributed by atoms with Crippen molar-refractivity contribution in [3.05, 3.63) is 28.8 Å². The van der Waals surface area contributed by atoms with Crippen LogP contribution in [0.2, 0.25) is 0 Å². The van der Waals surface area contributed by atoms with Gasteiger partial charge in [-0.3, -0.25) is 4.79 Å². The fourth-order valence-corrected chi connectivity index (χ4v) is 8.51. The molecule has 0 aromatic heterocycles. The average Bonchev–Trinajstić information content (AvgIpc) is 2.56. The summed E-state index contributed by atoms with van der Waals surface area (Å²) in [5, 5.41) is 3.59. The number of halogens is 1. The molecule has 1 N–H and O–H groups in total. The molecule has 4 bridgehead atoms. The molecule has 0 aliphatic heterocycles. The van der Waals surface area contributed by atoms with Crippen LogP contribution < -0.4 is 5.32 Å². The number of rotatable bonds is 2. The van der Waals surface area contributed by atoms with E-state index in [9.17, 15) is 4.79 Å². The normalized spacial score (nSPS) is 32.3. The summed E-state index contributed by atoms with van der Waals surface area (Å²) in [6.45, 7) is 20.5. The Kier molecular flexibility index (Phi) is 5.57. The van der Waals surface area contributed by atoms with Gasteiger partial charge in [-0.1, -0.05) is 90.4 Å². The minimum atomic E-state index is -0.208. The van der Waals surface area contributed by atoms with Crippen LogP contribution in [0.15, 0.2) is 12.1 Å². The van der Waals surface area contributed by atoms with Gasteiger partial charge in [0, 0.05) is 10.0 Å². The first kappa shape index (κ1) is 24.3. The fraction of sp³-hybridized carbons (Fsp3) is 0.759. The van der Waals surface area contributed by atoms with E-state index in [2.05, 4.69) is 95.7 Å². The van der Waals surface area contributed by atoms with Crippen LogP contribution in [-0.2, 0) is 21.0 Å². The molecule has 32 heavy (non-hydrogen) atoms. The molecule has 0 saturated heterocycles. The van der Waals surface area contributed by atoms with Crippen molar-refractivity contribution in [1.29, 1.82) is 0 Å². The molecule has 4 aliphatic carbocycles. The summed E-state index contributed by atoms with van der Waals surface area (Å²) in [6, 6.07) is 4.72. The minimum Gasteiger partial charge on any atom is -0.325 e. The van der Waals surface area contributed by atoms with Crippen LogP contribution in [0.3, 0.4) is 0 Å². The van der Waals surface area contributed by atoms with Crippen LogP contribution in [0.5, 0.6) is 0 Å². The highest BCUT2D eigenvalue weighted by atomic mass is 79.9. The number of hydrogen-bond acceptors (Lipinski definition) is 1. The van der Waals surface area contributed by atoms with E-state index in [1.165, 1.54) is 36.0 Å². The summed E-state index contributed by atoms with van der Waals surface area (Å²) in [5.74, 6) is 1.68. The van der Waals surface area contributed by atoms with Crippen molar-refractivity contribution in [2.75, 3.05) is 5.32 Å². The first-order valence-corrected chi connectivity index (χ1v) is 13.4. The second-order valence-electron chi connectivity index (χ2n) is 14.5. The van der Waals surface area contributed by atoms with E-state index in [1.54, 1.807) is 0 Å². The van der Waals surface area contributed by atoms with Gasteiger partial charge in [0.2, 0.25) is 5.91 Å². The van der Waals surface area contributed by atoms with E-state index in [1.807, 2.05) is 0 Å². The summed E-state index contributed by atoms with van der Waals surface area (Å²) in [4.78, 5) is 14.1. The first-order valence-electron chi connectivity index (χ1n) is 12.6. The maximum atomic E-state index is 14.1. The Morgan fingerprint density at radius 1 is 0.844 bits per heavy atom. The summed E-state index contributed by atoms with van der Waals surface area (Å²) in [7, 11) is 0. The number of carbonyl (C=O) groups is 1. The highest BCUT2D eigenvalue weighted by molar-refractivity contribution is 9.10. The standard InChI is InChI=1S/C29H44BrNO/c1-25(2,3)20-11-21(26(4,5)6)23(22(12-20)27(7,8)9)31-24(32)28-13-18-10-19(14-28)16-29(30,15-18)17-28/h11-12,18-19H,10,13-17H2,1-9H3,(H,31,32)/t18-,19+,28?,29?. The smallest absolute Gasteiger partial charge is 0.230 e. The Labute approximate surface area is 204 Å². The van der Waals surface area contributed by atoms with Crippen molar-refractivity contribution in [2.24, 2.45) is 17.3 Å². The van der Waals surface area contributed by atoms with Crippen LogP contribution in [0.1, 0.15) is 118 Å². The van der Waals surface area contributed by atoms with E-state index in [0.717, 1.165) is 24.9 Å². The third kappa shape index (κ3) is 4.32. The van der Waals surface area contributed by atoms with Crippen LogP contribution in [0.25, 0.3) is 0 Å². The van der Waals surface area contributed by atoms with Crippen molar-refractivity contribution in [1.82, 2.24) is 0 Å². The molecule has 0 heterocycles. The zero-order valence-corrected chi connectivity index (χ0v) is 23.4. The lowest BCUT2D eigenvalue weighted by Crippen LogP contribution is -2.57. The Morgan fingerprint density at radius 3 is 1.69 bits per heavy atom. The summed E-state index contributed by atoms with van der Waals surface area (Å²) in [6.07, 6.45) is 6.95. The number of nitrogens with one attached hydrogen (secondary N) is 1. The largest absolute Gasteiger partial charge is 0.325 e. The Morgan fingerprint density at radius 2 is 1.31 bits per heavy atom. The molecule has 2 nitrogen and oxygen atoms in total. The molecule has 0 radical (unpaired) electrons. The van der Waals surface area contributed by atoms with Crippen LogP contribution >= 0.6 is 15.9 Å². The number of anilines is 1. The molecule has 4 atom stereocenters. The van der Waals surface area contributed by atoms with Gasteiger partial charge in [0.25, 0.3) is 0 Å². The van der Waals surface area contributed by atoms with Gasteiger partial charge < -0.3 is 5.32 Å². The lowest BCUT2D eigenvalue weighted by atomic mass is 9.49. The molecule has 4 aliphatic rings. The molecule has 178 valence electrons. The molecule has 1 aromatic carbocycles. The second-order valence-corrected chi connectivity index (χ2v) is 16.2. The lowest BCUT2D eigenvalue weighted by molar-refractivity contribution is -0.138. The van der Waals surface area contributed by atoms with Gasteiger partial charge in [-0.25, -0.2) is 0 Å². The Bertz CT molecular complexity index is 875. The number of amides is 1. The monoisotopic (exact) mass is 501 g/mol. The van der Waals surface area contributed by atoms with E-state index in [4.69, 9.17) is 0 Å². The summed E-state index contributed by atoms with van der Waals surface area (Å²) >= 11 is 4.09. The third-order valence-electron chi connectivity index (χ3n) is 8.33. The maximum absolute atomic E-state index is 14.1. The zero-order chi connectivity index (χ0) is 23.9. The molecule has 3 heteroatoms. The van der Waals surface area contributed by atoms with Crippen LogP contribution in [0, 0.1) is 17.3 Å². The number of carbonyl (C=O) groups excluding carboxylic acids is 1. The molecular formula is C29H44BrNO. The number of benzene rings is 1. The van der Waals surface area contributed by atoms with Gasteiger partial charge >= 0.3 is 0 Å². The molecule has 1 amide bonds. The predicted octanol–water partition coefficient (Wildman–Crippen LogP) is 8.25. The van der Waals surface area contributed by atoms with E-state index >= 15 is 0 Å². The molecule has 0 spiro atoms. The lowest BCUT2D eigenvalue weighted by Gasteiger charge is -2.59. The predicted molar refractivity (Wildman–Crippen MR) is 140 cm³/mol. The van der Waals surface area contributed by atoms with Crippen LogP contribution in [-0.4, -0.2) is 10.2 Å². The first-order chi connectivity index (χ1) is 14.4. The quantitative estimate of drug-likeness (QED) is 0.405. The van der Waals surface area contributed by atoms with E-state index < -0.39 is 0 Å². The van der Waals surface area contributed by atoms with Gasteiger partial charge in [0.1, 0.15) is 0 Å². The highest BCUT2D eigenvalue weighted by Crippen LogP contribution is 2.64. The van der Waals surface area contributed by atoms with Crippen molar-refractivity contribution in [3.8, 4) is 0 Å². The maximum Gasteiger partial charge on any atom is 0.230 e. The van der Waals surface area contributed by atoms with Crippen molar-refractivity contribution >= 4 is 27.5 Å². The molecule has 4 fully saturated rings. The van der Waals surface area contributed by atoms with Gasteiger partial charge in [0.15, 0.2) is 0 Å². The Balaban J connectivity index is 1.80. The fourth-order valence-electron chi connectivity index (χ4n) is 7.06. The van der Waals surface area contributed by atoms with Crippen molar-refractivity contribution in [2.45, 2.75) is 121 Å². The molecule has 1 aromatic rings. The second kappa shape index (κ2) is 7.33. The van der Waals surface area contributed by atoms with Gasteiger partial charge in [-0.2, -0.15) is 0 Å². The van der Waals surface area contributed by atoms with Crippen molar-refractivity contribution < 1.29 is 4.79 Å². The Hall–Kier alpha value is -0.830. The molecule has 5 rings (SSSR count). The third-order valence-corrected chi connectivity index (χ3v) is 9.26. The van der Waals surface area contributed by atoms with E-state index in [0.29, 0.717) is 11.8 Å². The van der Waals surface area contributed by atoms with Gasteiger partial charge in [-0.15, -0.1) is 0 Å². The van der Waals surface area contributed by atoms with Crippen LogP contribution in [0.4, 0.5) is 5.69 Å². The molecule has 4 saturated carbocycles. The topological polar surface area (TPSA) is 29.1 Å². The molecule has 2 unspecified atom stereocenters. The highest BCUT2D eigenvalue weighted by Gasteiger charge is 2.60. The minimum absolute atomic E-state index is 0.0536. The van der Waals surface area contributed by atoms with Crippen molar-refractivity contribution in [3.63, 3.8) is 0 Å². The van der Waals surface area contributed by atoms with Gasteiger partial charge in [-0.05, 0) is 83.3 Å². The number of hydrogen-bond donors (Lipinski definition) is 1. The summed E-state index contributed by atoms with van der Waals surface area (Å²) in [5.41, 5.74) is 4.69. The zero-order valence-electron chi connectivity index (χ0n) is 21.8. The average molecular weight is 503 g/mol. The number of alkyl halides is 1. The molecular weight excluding hydrogens is 458 g/mol. The SMILES string of the molecule is CC(C)(C)c1cc(C(C)(C)C)c(NC(=O)C23C[C@@H]4C[C@@H](CC(Br)(C4)C2)C3)c(C(C)(C)C)c1.